The van der Waals surface area contributed by atoms with Crippen molar-refractivity contribution in [1.29, 1.82) is 0 Å². The molecule has 1 rings (SSSR count). The molecule has 0 saturated heterocycles. The summed E-state index contributed by atoms with van der Waals surface area (Å²) in [5, 5.41) is 21.5. The van der Waals surface area contributed by atoms with E-state index in [9.17, 15) is 24.5 Å². The molecule has 1 atom stereocenters. The van der Waals surface area contributed by atoms with E-state index in [4.69, 9.17) is 5.11 Å². The summed E-state index contributed by atoms with van der Waals surface area (Å²) >= 11 is 0. The lowest BCUT2D eigenvalue weighted by molar-refractivity contribution is -0.385. The number of aliphatic carboxylic acids is 1. The van der Waals surface area contributed by atoms with Gasteiger partial charge in [0.1, 0.15) is 12.2 Å². The molecule has 0 aliphatic rings. The van der Waals surface area contributed by atoms with Crippen LogP contribution in [0.3, 0.4) is 0 Å². The number of nitrogens with zero attached hydrogens (tertiary/aromatic N) is 3. The van der Waals surface area contributed by atoms with Gasteiger partial charge in [-0.2, -0.15) is 4.98 Å². The number of hydrogen-bond acceptors (Lipinski definition) is 6. The lowest BCUT2D eigenvalue weighted by atomic mass is 10.3. The maximum atomic E-state index is 11.4. The highest BCUT2D eigenvalue weighted by Gasteiger charge is 2.20. The Hall–Kier alpha value is -2.78. The summed E-state index contributed by atoms with van der Waals surface area (Å²) in [6.07, 6.45) is 1.64. The zero-order valence-electron chi connectivity index (χ0n) is 9.77. The first-order valence-electron chi connectivity index (χ1n) is 5.02. The van der Waals surface area contributed by atoms with Crippen LogP contribution in [0.2, 0.25) is 0 Å². The third-order valence-electron chi connectivity index (χ3n) is 2.11. The summed E-state index contributed by atoms with van der Waals surface area (Å²) in [5.41, 5.74) is -1.30. The van der Waals surface area contributed by atoms with E-state index in [1.807, 2.05) is 0 Å². The molecule has 19 heavy (non-hydrogen) atoms. The number of rotatable bonds is 5. The van der Waals surface area contributed by atoms with E-state index in [2.05, 4.69) is 10.3 Å². The Morgan fingerprint density at radius 2 is 2.26 bits per heavy atom. The number of nitrogens with one attached hydrogen (secondary N) is 1. The average Bonchev–Trinajstić information content (AvgIpc) is 2.29. The van der Waals surface area contributed by atoms with Gasteiger partial charge in [-0.25, -0.2) is 9.59 Å². The predicted octanol–water partition coefficient (Wildman–Crippen LogP) is -1.26. The third-order valence-corrected chi connectivity index (χ3v) is 2.11. The minimum absolute atomic E-state index is 0.452. The van der Waals surface area contributed by atoms with Crippen LogP contribution in [0.1, 0.15) is 6.92 Å². The number of hydrogen-bond donors (Lipinski definition) is 2. The monoisotopic (exact) mass is 270 g/mol. The summed E-state index contributed by atoms with van der Waals surface area (Å²) in [6, 6.07) is -1.38. The van der Waals surface area contributed by atoms with Gasteiger partial charge in [0.05, 0.1) is 17.7 Å². The van der Waals surface area contributed by atoms with Gasteiger partial charge in [-0.3, -0.25) is 19.5 Å². The summed E-state index contributed by atoms with van der Waals surface area (Å²) in [6.45, 7) is 0.660. The number of carbonyl (C=O) groups excluding carboxylic acids is 1. The van der Waals surface area contributed by atoms with Gasteiger partial charge in [0.15, 0.2) is 0 Å². The van der Waals surface area contributed by atoms with Crippen LogP contribution < -0.4 is 11.0 Å². The van der Waals surface area contributed by atoms with Gasteiger partial charge in [-0.15, -0.1) is 0 Å². The fourth-order valence-corrected chi connectivity index (χ4v) is 1.30. The van der Waals surface area contributed by atoms with Crippen molar-refractivity contribution >= 4 is 17.6 Å². The van der Waals surface area contributed by atoms with Crippen LogP contribution in [0.4, 0.5) is 5.69 Å². The van der Waals surface area contributed by atoms with Crippen LogP contribution >= 0.6 is 0 Å². The van der Waals surface area contributed by atoms with Crippen LogP contribution in [-0.4, -0.2) is 37.5 Å². The van der Waals surface area contributed by atoms with Crippen LogP contribution in [0.25, 0.3) is 0 Å². The highest BCUT2D eigenvalue weighted by Crippen LogP contribution is 2.05. The molecular formula is C9H10N4O6. The van der Waals surface area contributed by atoms with E-state index >= 15 is 0 Å². The van der Waals surface area contributed by atoms with Crippen molar-refractivity contribution in [2.24, 2.45) is 0 Å². The lowest BCUT2D eigenvalue weighted by Crippen LogP contribution is -2.44. The zero-order valence-corrected chi connectivity index (χ0v) is 9.77. The van der Waals surface area contributed by atoms with Crippen molar-refractivity contribution in [3.63, 3.8) is 0 Å². The molecule has 2 N–H and O–H groups in total. The molecule has 0 fully saturated rings. The van der Waals surface area contributed by atoms with E-state index in [-0.39, 0.29) is 0 Å². The molecule has 0 spiro atoms. The van der Waals surface area contributed by atoms with Crippen molar-refractivity contribution in [3.05, 3.63) is 33.0 Å². The Bertz CT molecular complexity index is 580. The molecule has 1 aromatic heterocycles. The van der Waals surface area contributed by atoms with Gasteiger partial charge < -0.3 is 10.4 Å². The second-order valence-corrected chi connectivity index (χ2v) is 3.60. The molecular weight excluding hydrogens is 260 g/mol. The smallest absolute Gasteiger partial charge is 0.348 e. The van der Waals surface area contributed by atoms with Crippen molar-refractivity contribution in [1.82, 2.24) is 14.9 Å². The maximum absolute atomic E-state index is 11.4. The van der Waals surface area contributed by atoms with Gasteiger partial charge in [-0.1, -0.05) is 0 Å². The first-order chi connectivity index (χ1) is 8.81. The van der Waals surface area contributed by atoms with Crippen LogP contribution in [-0.2, 0) is 16.1 Å². The Labute approximate surface area is 105 Å². The molecule has 10 heteroatoms. The number of nitro groups is 1. The second kappa shape index (κ2) is 5.71. The molecule has 0 aliphatic carbocycles. The normalized spacial score (nSPS) is 11.6. The van der Waals surface area contributed by atoms with E-state index < -0.39 is 40.8 Å². The van der Waals surface area contributed by atoms with E-state index in [1.54, 1.807) is 0 Å². The van der Waals surface area contributed by atoms with Gasteiger partial charge in [0.25, 0.3) is 0 Å². The minimum atomic E-state index is -1.38. The number of carboxylic acid groups (broad SMARTS) is 1. The number of carbonyl (C=O) groups is 2. The SMILES string of the molecule is CC(=O)NC(Cn1cc([N+](=O)[O-])cnc1=O)C(=O)O. The molecule has 1 aromatic rings. The fraction of sp³-hybridized carbons (Fsp3) is 0.333. The van der Waals surface area contributed by atoms with E-state index in [0.717, 1.165) is 23.9 Å². The number of carboxylic acids is 1. The van der Waals surface area contributed by atoms with Crippen molar-refractivity contribution in [3.8, 4) is 0 Å². The maximum Gasteiger partial charge on any atom is 0.348 e. The summed E-state index contributed by atoms with van der Waals surface area (Å²) in [7, 11) is 0. The lowest BCUT2D eigenvalue weighted by Gasteiger charge is -2.13. The molecule has 1 amide bonds. The summed E-state index contributed by atoms with van der Waals surface area (Å²) in [5.74, 6) is -1.97. The predicted molar refractivity (Wildman–Crippen MR) is 60.4 cm³/mol. The number of aromatic nitrogens is 2. The molecule has 102 valence electrons. The quantitative estimate of drug-likeness (QED) is 0.501. The summed E-state index contributed by atoms with van der Waals surface area (Å²) in [4.78, 5) is 46.1. The first kappa shape index (κ1) is 14.3. The molecule has 0 radical (unpaired) electrons. The topological polar surface area (TPSA) is 144 Å². The standard InChI is InChI=1S/C9H10N4O6/c1-5(14)11-7(8(15)16)4-12-3-6(13(18)19)2-10-9(12)17/h2-3,7H,4H2,1H3,(H,11,14)(H,15,16). The first-order valence-corrected chi connectivity index (χ1v) is 5.02. The minimum Gasteiger partial charge on any atom is -0.480 e. The van der Waals surface area contributed by atoms with Crippen LogP contribution in [0.15, 0.2) is 17.2 Å². The molecule has 1 unspecified atom stereocenters. The molecule has 0 saturated carbocycles. The van der Waals surface area contributed by atoms with Gasteiger partial charge in [0, 0.05) is 6.92 Å². The van der Waals surface area contributed by atoms with Gasteiger partial charge >= 0.3 is 17.3 Å². The average molecular weight is 270 g/mol. The summed E-state index contributed by atoms with van der Waals surface area (Å²) < 4.78 is 0.757. The molecule has 0 aliphatic heterocycles. The van der Waals surface area contributed by atoms with Crippen LogP contribution in [0.5, 0.6) is 0 Å². The highest BCUT2D eigenvalue weighted by atomic mass is 16.6. The van der Waals surface area contributed by atoms with Crippen molar-refractivity contribution in [2.75, 3.05) is 0 Å². The van der Waals surface area contributed by atoms with Crippen molar-refractivity contribution in [2.45, 2.75) is 19.5 Å². The molecule has 1 heterocycles. The largest absolute Gasteiger partial charge is 0.480 e. The Balaban J connectivity index is 3.05. The Morgan fingerprint density at radius 3 is 2.74 bits per heavy atom. The molecule has 0 bridgehead atoms. The Morgan fingerprint density at radius 1 is 1.63 bits per heavy atom. The zero-order chi connectivity index (χ0) is 14.6. The van der Waals surface area contributed by atoms with Gasteiger partial charge in [-0.05, 0) is 0 Å². The molecule has 0 aromatic carbocycles. The third kappa shape index (κ3) is 3.87. The second-order valence-electron chi connectivity index (χ2n) is 3.60. The fourth-order valence-electron chi connectivity index (χ4n) is 1.30. The van der Waals surface area contributed by atoms with Gasteiger partial charge in [0.2, 0.25) is 5.91 Å². The molecule has 10 nitrogen and oxygen atoms in total. The van der Waals surface area contributed by atoms with E-state index in [0.29, 0.717) is 0 Å². The van der Waals surface area contributed by atoms with Crippen LogP contribution in [0, 0.1) is 10.1 Å². The highest BCUT2D eigenvalue weighted by molar-refractivity contribution is 5.81. The number of amides is 1. The van der Waals surface area contributed by atoms with Crippen molar-refractivity contribution < 1.29 is 19.6 Å². The van der Waals surface area contributed by atoms with E-state index in [1.165, 1.54) is 0 Å². The Kier molecular flexibility index (Phi) is 4.29.